The van der Waals surface area contributed by atoms with Crippen molar-refractivity contribution >= 4 is 41.2 Å². The van der Waals surface area contributed by atoms with Crippen LogP contribution in [0.25, 0.3) is 6.08 Å². The third-order valence-corrected chi connectivity index (χ3v) is 6.45. The van der Waals surface area contributed by atoms with E-state index in [9.17, 15) is 14.4 Å². The lowest BCUT2D eigenvalue weighted by Gasteiger charge is -2.26. The average molecular weight is 553 g/mol. The van der Waals surface area contributed by atoms with Crippen LogP contribution in [0.3, 0.4) is 0 Å². The van der Waals surface area contributed by atoms with Gasteiger partial charge in [-0.15, -0.1) is 0 Å². The normalized spacial score (nSPS) is 14.3. The van der Waals surface area contributed by atoms with E-state index in [1.807, 2.05) is 37.3 Å². The zero-order valence-corrected chi connectivity index (χ0v) is 22.4. The Kier molecular flexibility index (Phi) is 7.94. The lowest BCUT2D eigenvalue weighted by atomic mass is 10.1. The first-order valence-electron chi connectivity index (χ1n) is 12.5. The topological polar surface area (TPSA) is 84.9 Å². The van der Waals surface area contributed by atoms with E-state index in [4.69, 9.17) is 21.1 Å². The van der Waals surface area contributed by atoms with Gasteiger partial charge in [-0.3, -0.25) is 14.9 Å². The van der Waals surface area contributed by atoms with E-state index in [-0.39, 0.29) is 5.57 Å². The van der Waals surface area contributed by atoms with Gasteiger partial charge in [-0.2, -0.15) is 0 Å². The maximum Gasteiger partial charge on any atom is 0.335 e. The molecule has 7 nitrogen and oxygen atoms in total. The Bertz CT molecular complexity index is 1580. The molecule has 1 N–H and O–H groups in total. The van der Waals surface area contributed by atoms with Crippen molar-refractivity contribution in [2.45, 2.75) is 20.1 Å². The molecule has 0 aromatic heterocycles. The Morgan fingerprint density at radius 2 is 1.40 bits per heavy atom. The number of ether oxygens (including phenoxy) is 2. The summed E-state index contributed by atoms with van der Waals surface area (Å²) in [6.45, 7) is 2.78. The molecule has 200 valence electrons. The van der Waals surface area contributed by atoms with Gasteiger partial charge in [0.05, 0.1) is 5.69 Å². The van der Waals surface area contributed by atoms with Crippen LogP contribution in [-0.4, -0.2) is 17.8 Å². The summed E-state index contributed by atoms with van der Waals surface area (Å²) < 4.78 is 11.6. The fourth-order valence-electron chi connectivity index (χ4n) is 4.13. The Balaban J connectivity index is 1.26. The number of halogens is 1. The van der Waals surface area contributed by atoms with Gasteiger partial charge in [0.15, 0.2) is 0 Å². The molecule has 40 heavy (non-hydrogen) atoms. The molecule has 1 aliphatic heterocycles. The van der Waals surface area contributed by atoms with Gasteiger partial charge in [-0.1, -0.05) is 65.7 Å². The molecular formula is C32H25ClN2O5. The Morgan fingerprint density at radius 3 is 2.05 bits per heavy atom. The molecule has 1 saturated heterocycles. The minimum Gasteiger partial charge on any atom is -0.489 e. The van der Waals surface area contributed by atoms with Crippen LogP contribution >= 0.6 is 11.6 Å². The number of carbonyl (C=O) groups excluding carboxylic acids is 3. The Labute approximate surface area is 236 Å². The van der Waals surface area contributed by atoms with Crippen molar-refractivity contribution in [1.29, 1.82) is 0 Å². The van der Waals surface area contributed by atoms with Crippen LogP contribution in [0.1, 0.15) is 22.3 Å². The SMILES string of the molecule is Cc1cccc(COc2ccc(/C=C3\C(=O)NC(=O)N(c4ccc(OCc5ccc(Cl)cc5)cc4)C3=O)cc2)c1. The predicted octanol–water partition coefficient (Wildman–Crippen LogP) is 6.47. The van der Waals surface area contributed by atoms with Crippen molar-refractivity contribution in [3.8, 4) is 11.5 Å². The first-order chi connectivity index (χ1) is 19.4. The predicted molar refractivity (Wildman–Crippen MR) is 153 cm³/mol. The highest BCUT2D eigenvalue weighted by Crippen LogP contribution is 2.25. The summed E-state index contributed by atoms with van der Waals surface area (Å²) in [7, 11) is 0. The van der Waals surface area contributed by atoms with E-state index >= 15 is 0 Å². The van der Waals surface area contributed by atoms with Crippen molar-refractivity contribution in [3.05, 3.63) is 130 Å². The van der Waals surface area contributed by atoms with Crippen LogP contribution in [0.15, 0.2) is 103 Å². The number of imide groups is 2. The standard InChI is InChI=1S/C32H25ClN2O5/c1-21-3-2-4-24(17-21)20-40-27-13-7-22(8-14-27)18-29-30(36)34-32(38)35(31(29)37)26-11-15-28(16-12-26)39-19-23-5-9-25(33)10-6-23/h2-18H,19-20H2,1H3,(H,34,36,38)/b29-18+. The number of barbiturate groups is 1. The maximum atomic E-state index is 13.2. The molecule has 5 rings (SSSR count). The minimum atomic E-state index is -0.818. The molecule has 1 aliphatic rings. The van der Waals surface area contributed by atoms with E-state index in [0.717, 1.165) is 21.6 Å². The van der Waals surface area contributed by atoms with Crippen LogP contribution in [0.2, 0.25) is 5.02 Å². The number of nitrogens with one attached hydrogen (secondary N) is 1. The van der Waals surface area contributed by atoms with E-state index < -0.39 is 17.8 Å². The van der Waals surface area contributed by atoms with Crippen LogP contribution in [-0.2, 0) is 22.8 Å². The first kappa shape index (κ1) is 26.7. The largest absolute Gasteiger partial charge is 0.489 e. The molecular weight excluding hydrogens is 528 g/mol. The van der Waals surface area contributed by atoms with E-state index in [1.165, 1.54) is 6.08 Å². The summed E-state index contributed by atoms with van der Waals surface area (Å²) >= 11 is 5.91. The maximum absolute atomic E-state index is 13.2. The molecule has 0 radical (unpaired) electrons. The first-order valence-corrected chi connectivity index (χ1v) is 12.9. The summed E-state index contributed by atoms with van der Waals surface area (Å²) in [5, 5.41) is 2.88. The van der Waals surface area contributed by atoms with Gasteiger partial charge < -0.3 is 9.47 Å². The van der Waals surface area contributed by atoms with Gasteiger partial charge >= 0.3 is 6.03 Å². The quantitative estimate of drug-likeness (QED) is 0.200. The summed E-state index contributed by atoms with van der Waals surface area (Å²) in [6.07, 6.45) is 1.45. The number of rotatable bonds is 8. The molecule has 0 atom stereocenters. The number of anilines is 1. The second-order valence-electron chi connectivity index (χ2n) is 9.21. The summed E-state index contributed by atoms with van der Waals surface area (Å²) in [5.74, 6) is -0.268. The minimum absolute atomic E-state index is 0.156. The van der Waals surface area contributed by atoms with Gasteiger partial charge in [0, 0.05) is 5.02 Å². The molecule has 1 fully saturated rings. The molecule has 0 bridgehead atoms. The monoisotopic (exact) mass is 552 g/mol. The van der Waals surface area contributed by atoms with E-state index in [1.54, 1.807) is 60.7 Å². The van der Waals surface area contributed by atoms with Crippen LogP contribution in [0, 0.1) is 6.92 Å². The van der Waals surface area contributed by atoms with Crippen molar-refractivity contribution in [2.75, 3.05) is 4.90 Å². The van der Waals surface area contributed by atoms with E-state index in [0.29, 0.717) is 41.0 Å². The number of nitrogens with zero attached hydrogens (tertiary/aromatic N) is 1. The number of carbonyl (C=O) groups is 3. The van der Waals surface area contributed by atoms with Gasteiger partial charge in [-0.25, -0.2) is 9.69 Å². The highest BCUT2D eigenvalue weighted by molar-refractivity contribution is 6.39. The highest BCUT2D eigenvalue weighted by atomic mass is 35.5. The second kappa shape index (κ2) is 11.9. The fourth-order valence-corrected chi connectivity index (χ4v) is 4.25. The third-order valence-electron chi connectivity index (χ3n) is 6.19. The summed E-state index contributed by atoms with van der Waals surface area (Å²) in [5.41, 5.74) is 3.92. The number of amides is 4. The summed E-state index contributed by atoms with van der Waals surface area (Å²) in [4.78, 5) is 39.3. The lowest BCUT2D eigenvalue weighted by molar-refractivity contribution is -0.122. The van der Waals surface area contributed by atoms with Crippen molar-refractivity contribution < 1.29 is 23.9 Å². The van der Waals surface area contributed by atoms with Gasteiger partial charge in [0.2, 0.25) is 0 Å². The number of urea groups is 1. The fraction of sp³-hybridized carbons (Fsp3) is 0.0938. The highest BCUT2D eigenvalue weighted by Gasteiger charge is 2.36. The zero-order valence-electron chi connectivity index (χ0n) is 21.6. The molecule has 0 spiro atoms. The molecule has 0 unspecified atom stereocenters. The Hall–Kier alpha value is -4.88. The van der Waals surface area contributed by atoms with E-state index in [2.05, 4.69) is 11.4 Å². The number of benzene rings is 4. The summed E-state index contributed by atoms with van der Waals surface area (Å²) in [6, 6.07) is 28.0. The third kappa shape index (κ3) is 6.39. The zero-order chi connectivity index (χ0) is 28.1. The molecule has 0 saturated carbocycles. The molecule has 0 aliphatic carbocycles. The molecule has 8 heteroatoms. The average Bonchev–Trinajstić information content (AvgIpc) is 2.95. The molecule has 4 amide bonds. The lowest BCUT2D eigenvalue weighted by Crippen LogP contribution is -2.54. The smallest absolute Gasteiger partial charge is 0.335 e. The second-order valence-corrected chi connectivity index (χ2v) is 9.65. The van der Waals surface area contributed by atoms with Crippen molar-refractivity contribution in [1.82, 2.24) is 5.32 Å². The molecule has 4 aromatic rings. The number of aryl methyl sites for hydroxylation is 1. The van der Waals surface area contributed by atoms with Crippen molar-refractivity contribution in [2.24, 2.45) is 0 Å². The Morgan fingerprint density at radius 1 is 0.775 bits per heavy atom. The van der Waals surface area contributed by atoms with Crippen molar-refractivity contribution in [3.63, 3.8) is 0 Å². The number of hydrogen-bond acceptors (Lipinski definition) is 5. The molecule has 4 aromatic carbocycles. The van der Waals surface area contributed by atoms with Crippen LogP contribution in [0.4, 0.5) is 10.5 Å². The van der Waals surface area contributed by atoms with Gasteiger partial charge in [-0.05, 0) is 78.2 Å². The molecule has 1 heterocycles. The van der Waals surface area contributed by atoms with Gasteiger partial charge in [0.25, 0.3) is 11.8 Å². The van der Waals surface area contributed by atoms with Crippen LogP contribution in [0.5, 0.6) is 11.5 Å². The van der Waals surface area contributed by atoms with Crippen LogP contribution < -0.4 is 19.7 Å². The number of hydrogen-bond donors (Lipinski definition) is 1. The van der Waals surface area contributed by atoms with Gasteiger partial charge in [0.1, 0.15) is 30.3 Å².